The predicted molar refractivity (Wildman–Crippen MR) is 57.4 cm³/mol. The van der Waals surface area contributed by atoms with Crippen molar-refractivity contribution in [3.8, 4) is 0 Å². The Morgan fingerprint density at radius 3 is 2.25 bits per heavy atom. The molecule has 0 aliphatic carbocycles. The van der Waals surface area contributed by atoms with Crippen molar-refractivity contribution in [3.05, 3.63) is 0 Å². The lowest BCUT2D eigenvalue weighted by atomic mass is 12.0. The Morgan fingerprint density at radius 1 is 1.62 bits per heavy atom. The molecule has 1 heterocycles. The molecule has 1 saturated heterocycles. The average Bonchev–Trinajstić information content (AvgIpc) is 1.63. The summed E-state index contributed by atoms with van der Waals surface area (Å²) in [6.45, 7) is 4.65. The van der Waals surface area contributed by atoms with Crippen LogP contribution >= 0.6 is 55.3 Å². The van der Waals surface area contributed by atoms with Gasteiger partial charge in [0.2, 0.25) is 4.87 Å². The van der Waals surface area contributed by atoms with Gasteiger partial charge >= 0.3 is 0 Å². The van der Waals surface area contributed by atoms with Gasteiger partial charge in [0.25, 0.3) is 0 Å². The first-order valence-corrected chi connectivity index (χ1v) is 12.5. The first-order valence-electron chi connectivity index (χ1n) is 1.99. The van der Waals surface area contributed by atoms with E-state index in [1.54, 1.807) is 10.4 Å². The highest BCUT2D eigenvalue weighted by Crippen LogP contribution is 3.09. The Bertz CT molecular complexity index is 90.0. The molecule has 0 radical (unpaired) electrons. The van der Waals surface area contributed by atoms with Gasteiger partial charge in [-0.1, -0.05) is 11.7 Å². The summed E-state index contributed by atoms with van der Waals surface area (Å²) in [6.07, 6.45) is 0.302. The third kappa shape index (κ3) is 1.87. The summed E-state index contributed by atoms with van der Waals surface area (Å²) < 4.78 is 0. The Morgan fingerprint density at radius 2 is 2.12 bits per heavy atom. The highest BCUT2D eigenvalue weighted by Gasteiger charge is 2.51. The van der Waals surface area contributed by atoms with Gasteiger partial charge in [0, 0.05) is 0 Å². The largest absolute Gasteiger partial charge is 0.210 e. The molecule has 0 atom stereocenters. The molecule has 0 aromatic rings. The SMILES string of the molecule is CP1S[P+](C)(SS)S1. The molecule has 0 aromatic heterocycles. The molecule has 0 amide bonds. The van der Waals surface area contributed by atoms with Crippen molar-refractivity contribution in [2.24, 2.45) is 0 Å². The summed E-state index contributed by atoms with van der Waals surface area (Å²) in [6, 6.07) is 0. The molecule has 0 spiro atoms. The molecule has 0 bridgehead atoms. The maximum absolute atomic E-state index is 4.21. The van der Waals surface area contributed by atoms with Crippen LogP contribution in [-0.2, 0) is 0 Å². The monoisotopic (exact) mass is 221 g/mol. The first kappa shape index (κ1) is 8.36. The van der Waals surface area contributed by atoms with E-state index in [9.17, 15) is 0 Å². The van der Waals surface area contributed by atoms with E-state index in [0.717, 1.165) is 0 Å². The number of hydrogen-bond acceptors (Lipinski definition) is 4. The second-order valence-corrected chi connectivity index (χ2v) is 22.9. The lowest BCUT2D eigenvalue weighted by Gasteiger charge is -2.26. The van der Waals surface area contributed by atoms with Gasteiger partial charge in [-0.25, -0.2) is 0 Å². The van der Waals surface area contributed by atoms with E-state index in [1.807, 2.05) is 0 Å². The summed E-state index contributed by atoms with van der Waals surface area (Å²) in [4.78, 5) is -0.637. The quantitative estimate of drug-likeness (QED) is 0.397. The summed E-state index contributed by atoms with van der Waals surface area (Å²) in [5.74, 6) is 0. The Labute approximate surface area is 68.3 Å². The first-order chi connectivity index (χ1) is 3.66. The maximum atomic E-state index is 4.21. The van der Waals surface area contributed by atoms with Gasteiger partial charge in [0.05, 0.1) is 28.7 Å². The smallest absolute Gasteiger partial charge is 0.0669 e. The Hall–Kier alpha value is 2.26. The van der Waals surface area contributed by atoms with Crippen LogP contribution in [0.15, 0.2) is 0 Å². The molecule has 1 fully saturated rings. The van der Waals surface area contributed by atoms with Crippen LogP contribution in [0.1, 0.15) is 0 Å². The van der Waals surface area contributed by atoms with E-state index in [2.05, 4.69) is 47.0 Å². The van der Waals surface area contributed by atoms with E-state index in [4.69, 9.17) is 0 Å². The molecule has 1 rings (SSSR count). The van der Waals surface area contributed by atoms with Gasteiger partial charge in [-0.05, 0) is 6.66 Å². The van der Waals surface area contributed by atoms with Crippen LogP contribution in [-0.4, -0.2) is 13.3 Å². The average molecular weight is 221 g/mol. The molecule has 1 aliphatic rings. The van der Waals surface area contributed by atoms with Crippen LogP contribution in [0.5, 0.6) is 0 Å². The van der Waals surface area contributed by atoms with Gasteiger partial charge in [-0.2, -0.15) is 0 Å². The molecule has 0 unspecified atom stereocenters. The summed E-state index contributed by atoms with van der Waals surface area (Å²) in [5.41, 5.74) is 0. The Balaban J connectivity index is 2.30. The van der Waals surface area contributed by atoms with Gasteiger partial charge in [-0.3, -0.25) is 0 Å². The van der Waals surface area contributed by atoms with Crippen LogP contribution in [0.4, 0.5) is 0 Å². The third-order valence-corrected chi connectivity index (χ3v) is 32.6. The molecule has 1 aliphatic heterocycles. The number of hydrogen-bond donors (Lipinski definition) is 1. The number of rotatable bonds is 1. The van der Waals surface area contributed by atoms with Crippen LogP contribution in [0.2, 0.25) is 0 Å². The fourth-order valence-corrected chi connectivity index (χ4v) is 37.2. The summed E-state index contributed by atoms with van der Waals surface area (Å²) in [5, 5.41) is 0. The fourth-order valence-electron chi connectivity index (χ4n) is 0.454. The topological polar surface area (TPSA) is 0 Å². The van der Waals surface area contributed by atoms with Crippen molar-refractivity contribution in [2.75, 3.05) is 13.3 Å². The molecule has 0 saturated carbocycles. The molecule has 6 heteroatoms. The van der Waals surface area contributed by atoms with Gasteiger partial charge in [0.1, 0.15) is 16.7 Å². The van der Waals surface area contributed by atoms with Crippen LogP contribution in [0.25, 0.3) is 0 Å². The normalized spacial score (nSPS) is 46.1. The minimum Gasteiger partial charge on any atom is -0.0669 e. The van der Waals surface area contributed by atoms with Crippen molar-refractivity contribution in [1.29, 1.82) is 0 Å². The van der Waals surface area contributed by atoms with Gasteiger partial charge in [0.15, 0.2) is 0 Å². The molecular weight excluding hydrogens is 214 g/mol. The van der Waals surface area contributed by atoms with E-state index < -0.39 is 4.87 Å². The zero-order chi connectivity index (χ0) is 6.20. The minimum absolute atomic E-state index is 0.302. The van der Waals surface area contributed by atoms with Crippen molar-refractivity contribution in [1.82, 2.24) is 0 Å². The van der Waals surface area contributed by atoms with Crippen LogP contribution < -0.4 is 0 Å². The maximum Gasteiger partial charge on any atom is 0.210 e. The molecule has 0 nitrogen and oxygen atoms in total. The van der Waals surface area contributed by atoms with E-state index in [-0.39, 0.29) is 0 Å². The zero-order valence-electron chi connectivity index (χ0n) is 4.57. The van der Waals surface area contributed by atoms with Crippen molar-refractivity contribution < 1.29 is 0 Å². The second-order valence-electron chi connectivity index (χ2n) is 1.46. The molecule has 8 heavy (non-hydrogen) atoms. The molecule has 0 N–H and O–H groups in total. The fraction of sp³-hybridized carbons (Fsp3) is 1.00. The lowest BCUT2D eigenvalue weighted by molar-refractivity contribution is 2.47. The van der Waals surface area contributed by atoms with E-state index in [1.165, 1.54) is 0 Å². The molecule has 48 valence electrons. The number of thiol groups is 1. The summed E-state index contributed by atoms with van der Waals surface area (Å²) >= 11 is 8.52. The van der Waals surface area contributed by atoms with Crippen molar-refractivity contribution in [2.45, 2.75) is 0 Å². The third-order valence-electron chi connectivity index (χ3n) is 0.675. The molecular formula is C2H7P2S4+. The minimum atomic E-state index is -0.637. The zero-order valence-corrected chi connectivity index (χ0v) is 9.70. The lowest BCUT2D eigenvalue weighted by Crippen LogP contribution is -1.75. The standard InChI is InChI=1S/C2H6P2S4/c1-3-6-4(2,7-3)8-5/h1-2H3/p+1. The second kappa shape index (κ2) is 3.11. The van der Waals surface area contributed by atoms with Crippen molar-refractivity contribution >= 4 is 55.3 Å². The summed E-state index contributed by atoms with van der Waals surface area (Å²) in [7, 11) is 1.77. The van der Waals surface area contributed by atoms with Crippen LogP contribution in [0, 0.1) is 0 Å². The van der Waals surface area contributed by atoms with Crippen molar-refractivity contribution in [3.63, 3.8) is 0 Å². The molecule has 0 aromatic carbocycles. The van der Waals surface area contributed by atoms with Crippen LogP contribution in [0.3, 0.4) is 0 Å². The Kier molecular flexibility index (Phi) is 3.25. The van der Waals surface area contributed by atoms with Gasteiger partial charge < -0.3 is 0 Å². The predicted octanol–water partition coefficient (Wildman–Crippen LogP) is 4.38. The van der Waals surface area contributed by atoms with Gasteiger partial charge in [-0.15, -0.1) is 0 Å². The highest BCUT2D eigenvalue weighted by molar-refractivity contribution is 9.54. The van der Waals surface area contributed by atoms with E-state index >= 15 is 0 Å². The highest BCUT2D eigenvalue weighted by atomic mass is 33.8. The van der Waals surface area contributed by atoms with E-state index in [0.29, 0.717) is 6.33 Å².